The number of carbonyl (C=O) groups is 2. The molecule has 114 valence electrons. The SMILES string of the molecule is Cc1cccc(NC(=O)[C@@H](C)OC(=O)c2cnc(C)cn2)c1. The van der Waals surface area contributed by atoms with Gasteiger partial charge in [-0.05, 0) is 38.5 Å². The average Bonchev–Trinajstić information content (AvgIpc) is 2.47. The molecule has 0 aliphatic heterocycles. The van der Waals surface area contributed by atoms with Gasteiger partial charge in [0.25, 0.3) is 5.91 Å². The minimum Gasteiger partial charge on any atom is -0.448 e. The van der Waals surface area contributed by atoms with Gasteiger partial charge in [0.15, 0.2) is 11.8 Å². The summed E-state index contributed by atoms with van der Waals surface area (Å²) < 4.78 is 5.09. The maximum atomic E-state index is 12.0. The lowest BCUT2D eigenvalue weighted by Gasteiger charge is -2.13. The van der Waals surface area contributed by atoms with Crippen molar-refractivity contribution in [2.45, 2.75) is 26.9 Å². The summed E-state index contributed by atoms with van der Waals surface area (Å²) in [6, 6.07) is 7.36. The molecule has 2 rings (SSSR count). The first-order chi connectivity index (χ1) is 10.5. The van der Waals surface area contributed by atoms with E-state index in [-0.39, 0.29) is 5.69 Å². The standard InChI is InChI=1S/C16H17N3O3/c1-10-5-4-6-13(7-10)19-15(20)12(3)22-16(21)14-9-17-11(2)8-18-14/h4-9,12H,1-3H3,(H,19,20)/t12-/m1/s1. The van der Waals surface area contributed by atoms with Crippen LogP contribution >= 0.6 is 0 Å². The van der Waals surface area contributed by atoms with Gasteiger partial charge in [0.2, 0.25) is 0 Å². The molecule has 0 radical (unpaired) electrons. The summed E-state index contributed by atoms with van der Waals surface area (Å²) in [5.41, 5.74) is 2.45. The molecule has 0 aliphatic rings. The number of benzene rings is 1. The Balaban J connectivity index is 1.96. The monoisotopic (exact) mass is 299 g/mol. The van der Waals surface area contributed by atoms with Crippen molar-refractivity contribution in [2.75, 3.05) is 5.32 Å². The molecule has 1 N–H and O–H groups in total. The molecule has 6 heteroatoms. The fourth-order valence-electron chi connectivity index (χ4n) is 1.74. The number of hydrogen-bond donors (Lipinski definition) is 1. The lowest BCUT2D eigenvalue weighted by atomic mass is 10.2. The number of aryl methyl sites for hydroxylation is 2. The highest BCUT2D eigenvalue weighted by Crippen LogP contribution is 2.11. The highest BCUT2D eigenvalue weighted by atomic mass is 16.5. The molecular weight excluding hydrogens is 282 g/mol. The fraction of sp³-hybridized carbons (Fsp3) is 0.250. The first-order valence-electron chi connectivity index (χ1n) is 6.83. The topological polar surface area (TPSA) is 81.2 Å². The number of nitrogens with zero attached hydrogens (tertiary/aromatic N) is 2. The molecule has 1 aromatic carbocycles. The van der Waals surface area contributed by atoms with Crippen LogP contribution in [0.5, 0.6) is 0 Å². The minimum atomic E-state index is -0.934. The van der Waals surface area contributed by atoms with Crippen molar-refractivity contribution >= 4 is 17.6 Å². The molecule has 1 aromatic heterocycles. The molecule has 0 unspecified atom stereocenters. The van der Waals surface area contributed by atoms with Gasteiger partial charge in [0.1, 0.15) is 0 Å². The zero-order chi connectivity index (χ0) is 16.1. The van der Waals surface area contributed by atoms with Gasteiger partial charge in [-0.25, -0.2) is 9.78 Å². The maximum Gasteiger partial charge on any atom is 0.359 e. The molecule has 1 amide bonds. The Hall–Kier alpha value is -2.76. The second-order valence-electron chi connectivity index (χ2n) is 4.95. The number of aromatic nitrogens is 2. The zero-order valence-corrected chi connectivity index (χ0v) is 12.7. The molecule has 2 aromatic rings. The van der Waals surface area contributed by atoms with Gasteiger partial charge in [-0.2, -0.15) is 0 Å². The van der Waals surface area contributed by atoms with Crippen LogP contribution < -0.4 is 5.32 Å². The summed E-state index contributed by atoms with van der Waals surface area (Å²) in [6.45, 7) is 5.19. The number of amides is 1. The first-order valence-corrected chi connectivity index (χ1v) is 6.83. The van der Waals surface area contributed by atoms with Gasteiger partial charge in [-0.1, -0.05) is 12.1 Å². The van der Waals surface area contributed by atoms with E-state index in [2.05, 4.69) is 15.3 Å². The van der Waals surface area contributed by atoms with Gasteiger partial charge >= 0.3 is 5.97 Å². The summed E-state index contributed by atoms with van der Waals surface area (Å²) in [5.74, 6) is -1.08. The number of anilines is 1. The second kappa shape index (κ2) is 6.80. The predicted octanol–water partition coefficient (Wildman–Crippen LogP) is 2.28. The molecule has 0 saturated heterocycles. The molecule has 22 heavy (non-hydrogen) atoms. The third-order valence-corrected chi connectivity index (χ3v) is 2.93. The van der Waals surface area contributed by atoms with E-state index in [4.69, 9.17) is 4.74 Å². The summed E-state index contributed by atoms with van der Waals surface area (Å²) in [6.07, 6.45) is 1.85. The van der Waals surface area contributed by atoms with E-state index in [1.807, 2.05) is 25.1 Å². The van der Waals surface area contributed by atoms with Crippen LogP contribution in [0, 0.1) is 13.8 Å². The zero-order valence-electron chi connectivity index (χ0n) is 12.7. The molecule has 0 bridgehead atoms. The van der Waals surface area contributed by atoms with E-state index >= 15 is 0 Å². The lowest BCUT2D eigenvalue weighted by molar-refractivity contribution is -0.123. The Labute approximate surface area is 128 Å². The summed E-state index contributed by atoms with van der Waals surface area (Å²) >= 11 is 0. The Morgan fingerprint density at radius 3 is 2.59 bits per heavy atom. The maximum absolute atomic E-state index is 12.0. The number of esters is 1. The Morgan fingerprint density at radius 2 is 1.95 bits per heavy atom. The summed E-state index contributed by atoms with van der Waals surface area (Å²) in [7, 11) is 0. The minimum absolute atomic E-state index is 0.0702. The van der Waals surface area contributed by atoms with Crippen molar-refractivity contribution in [1.82, 2.24) is 9.97 Å². The van der Waals surface area contributed by atoms with E-state index < -0.39 is 18.0 Å². The van der Waals surface area contributed by atoms with Crippen LogP contribution in [0.2, 0.25) is 0 Å². The number of ether oxygens (including phenoxy) is 1. The molecule has 0 fully saturated rings. The Bertz CT molecular complexity index is 683. The Morgan fingerprint density at radius 1 is 1.18 bits per heavy atom. The molecule has 1 atom stereocenters. The average molecular weight is 299 g/mol. The van der Waals surface area contributed by atoms with E-state index in [1.54, 1.807) is 13.0 Å². The number of rotatable bonds is 4. The van der Waals surface area contributed by atoms with Gasteiger partial charge in [-0.15, -0.1) is 0 Å². The smallest absolute Gasteiger partial charge is 0.359 e. The van der Waals surface area contributed by atoms with Crippen LogP contribution in [0.3, 0.4) is 0 Å². The van der Waals surface area contributed by atoms with Crippen LogP contribution in [0.4, 0.5) is 5.69 Å². The van der Waals surface area contributed by atoms with Gasteiger partial charge in [0.05, 0.1) is 11.9 Å². The molecule has 0 aliphatic carbocycles. The summed E-state index contributed by atoms with van der Waals surface area (Å²) in [5, 5.41) is 2.70. The van der Waals surface area contributed by atoms with Crippen molar-refractivity contribution in [1.29, 1.82) is 0 Å². The van der Waals surface area contributed by atoms with E-state index in [1.165, 1.54) is 19.3 Å². The van der Waals surface area contributed by atoms with E-state index in [9.17, 15) is 9.59 Å². The highest BCUT2D eigenvalue weighted by molar-refractivity contribution is 5.96. The molecule has 1 heterocycles. The molecule has 6 nitrogen and oxygen atoms in total. The van der Waals surface area contributed by atoms with Crippen molar-refractivity contribution in [2.24, 2.45) is 0 Å². The molecular formula is C16H17N3O3. The number of carbonyl (C=O) groups excluding carboxylic acids is 2. The molecule has 0 saturated carbocycles. The van der Waals surface area contributed by atoms with E-state index in [0.29, 0.717) is 11.4 Å². The largest absolute Gasteiger partial charge is 0.448 e. The highest BCUT2D eigenvalue weighted by Gasteiger charge is 2.20. The lowest BCUT2D eigenvalue weighted by Crippen LogP contribution is -2.30. The van der Waals surface area contributed by atoms with Crippen molar-refractivity contribution in [3.05, 3.63) is 53.6 Å². The van der Waals surface area contributed by atoms with Crippen LogP contribution in [0.15, 0.2) is 36.7 Å². The normalized spacial score (nSPS) is 11.6. The second-order valence-corrected chi connectivity index (χ2v) is 4.95. The van der Waals surface area contributed by atoms with Gasteiger partial charge < -0.3 is 10.1 Å². The van der Waals surface area contributed by atoms with Crippen molar-refractivity contribution < 1.29 is 14.3 Å². The van der Waals surface area contributed by atoms with E-state index in [0.717, 1.165) is 5.56 Å². The third-order valence-electron chi connectivity index (χ3n) is 2.93. The first kappa shape index (κ1) is 15.6. The van der Waals surface area contributed by atoms with Crippen molar-refractivity contribution in [3.63, 3.8) is 0 Å². The van der Waals surface area contributed by atoms with Crippen LogP contribution in [0.25, 0.3) is 0 Å². The van der Waals surface area contributed by atoms with Crippen LogP contribution in [-0.2, 0) is 9.53 Å². The van der Waals surface area contributed by atoms with Gasteiger partial charge in [0, 0.05) is 11.9 Å². The third kappa shape index (κ3) is 4.12. The quantitative estimate of drug-likeness (QED) is 0.876. The Kier molecular flexibility index (Phi) is 4.83. The van der Waals surface area contributed by atoms with Crippen LogP contribution in [0.1, 0.15) is 28.7 Å². The van der Waals surface area contributed by atoms with Gasteiger partial charge in [-0.3, -0.25) is 9.78 Å². The van der Waals surface area contributed by atoms with Crippen molar-refractivity contribution in [3.8, 4) is 0 Å². The predicted molar refractivity (Wildman–Crippen MR) is 81.5 cm³/mol. The van der Waals surface area contributed by atoms with Crippen LogP contribution in [-0.4, -0.2) is 27.9 Å². The number of nitrogens with one attached hydrogen (secondary N) is 1. The number of hydrogen-bond acceptors (Lipinski definition) is 5. The fourth-order valence-corrected chi connectivity index (χ4v) is 1.74. The summed E-state index contributed by atoms with van der Waals surface area (Å²) in [4.78, 5) is 31.8. The molecule has 0 spiro atoms.